The van der Waals surface area contributed by atoms with Crippen LogP contribution in [0.3, 0.4) is 0 Å². The lowest BCUT2D eigenvalue weighted by Gasteiger charge is -2.25. The minimum Gasteiger partial charge on any atom is -0.350 e. The van der Waals surface area contributed by atoms with Gasteiger partial charge in [0.05, 0.1) is 0 Å². The summed E-state index contributed by atoms with van der Waals surface area (Å²) < 4.78 is 0. The molecule has 3 atom stereocenters. The topological polar surface area (TPSA) is 62.3 Å². The maximum Gasteiger partial charge on any atom is 0.243 e. The molecule has 3 unspecified atom stereocenters. The number of pyridine rings is 1. The number of hydrogen-bond donors (Lipinski definition) is 1. The van der Waals surface area contributed by atoms with Crippen LogP contribution in [0.5, 0.6) is 0 Å². The van der Waals surface area contributed by atoms with Crippen molar-refractivity contribution in [1.82, 2.24) is 15.2 Å². The Bertz CT molecular complexity index is 503. The average molecular weight is 259 g/mol. The van der Waals surface area contributed by atoms with Crippen LogP contribution in [0.15, 0.2) is 24.5 Å². The molecule has 1 saturated carbocycles. The summed E-state index contributed by atoms with van der Waals surface area (Å²) in [4.78, 5) is 29.5. The fraction of sp³-hybridized carbons (Fsp3) is 0.500. The van der Waals surface area contributed by atoms with Crippen molar-refractivity contribution in [2.75, 3.05) is 6.54 Å². The lowest BCUT2D eigenvalue weighted by molar-refractivity contribution is -0.138. The molecule has 5 nitrogen and oxygen atoms in total. The zero-order valence-electron chi connectivity index (χ0n) is 10.9. The van der Waals surface area contributed by atoms with Crippen LogP contribution >= 0.6 is 0 Å². The van der Waals surface area contributed by atoms with E-state index in [1.54, 1.807) is 17.3 Å². The van der Waals surface area contributed by atoms with E-state index in [1.807, 2.05) is 12.1 Å². The van der Waals surface area contributed by atoms with E-state index >= 15 is 0 Å². The van der Waals surface area contributed by atoms with E-state index in [4.69, 9.17) is 0 Å². The van der Waals surface area contributed by atoms with Crippen LogP contribution in [0, 0.1) is 11.8 Å². The lowest BCUT2D eigenvalue weighted by Crippen LogP contribution is -2.47. The van der Waals surface area contributed by atoms with Crippen LogP contribution in [0.2, 0.25) is 0 Å². The van der Waals surface area contributed by atoms with E-state index in [1.165, 1.54) is 6.92 Å². The summed E-state index contributed by atoms with van der Waals surface area (Å²) in [5.41, 5.74) is 0.968. The summed E-state index contributed by atoms with van der Waals surface area (Å²) in [6.07, 6.45) is 4.51. The fourth-order valence-electron chi connectivity index (χ4n) is 2.92. The van der Waals surface area contributed by atoms with Gasteiger partial charge < -0.3 is 10.2 Å². The molecule has 2 fully saturated rings. The first-order valence-electron chi connectivity index (χ1n) is 6.60. The van der Waals surface area contributed by atoms with Crippen molar-refractivity contribution in [3.63, 3.8) is 0 Å². The first-order valence-corrected chi connectivity index (χ1v) is 6.60. The zero-order chi connectivity index (χ0) is 13.4. The van der Waals surface area contributed by atoms with Gasteiger partial charge in [-0.1, -0.05) is 6.07 Å². The molecule has 3 rings (SSSR count). The SMILES string of the molecule is CC(=O)N1CC2CC2C1C(=O)NCc1cccnc1. The third-order valence-corrected chi connectivity index (χ3v) is 4.01. The largest absolute Gasteiger partial charge is 0.350 e. The second-order valence-electron chi connectivity index (χ2n) is 5.35. The van der Waals surface area contributed by atoms with Gasteiger partial charge in [-0.05, 0) is 29.9 Å². The van der Waals surface area contributed by atoms with E-state index in [0.29, 0.717) is 18.4 Å². The molecule has 19 heavy (non-hydrogen) atoms. The Morgan fingerprint density at radius 3 is 3.05 bits per heavy atom. The maximum absolute atomic E-state index is 12.2. The number of nitrogens with zero attached hydrogens (tertiary/aromatic N) is 2. The third-order valence-electron chi connectivity index (χ3n) is 4.01. The molecule has 100 valence electrons. The molecule has 0 aromatic carbocycles. The van der Waals surface area contributed by atoms with E-state index in [0.717, 1.165) is 18.5 Å². The molecule has 0 spiro atoms. The average Bonchev–Trinajstić information content (AvgIpc) is 3.07. The van der Waals surface area contributed by atoms with Gasteiger partial charge in [-0.25, -0.2) is 0 Å². The molecular weight excluding hydrogens is 242 g/mol. The van der Waals surface area contributed by atoms with E-state index < -0.39 is 0 Å². The first-order chi connectivity index (χ1) is 9.16. The van der Waals surface area contributed by atoms with Crippen LogP contribution in [-0.2, 0) is 16.1 Å². The summed E-state index contributed by atoms with van der Waals surface area (Å²) in [7, 11) is 0. The van der Waals surface area contributed by atoms with E-state index in [-0.39, 0.29) is 17.9 Å². The Kier molecular flexibility index (Phi) is 2.97. The predicted octanol–water partition coefficient (Wildman–Crippen LogP) is 0.565. The molecule has 1 N–H and O–H groups in total. The highest BCUT2D eigenvalue weighted by Gasteiger charge is 2.56. The van der Waals surface area contributed by atoms with Crippen molar-refractivity contribution in [2.45, 2.75) is 25.9 Å². The number of likely N-dealkylation sites (tertiary alicyclic amines) is 1. The van der Waals surface area contributed by atoms with Gasteiger partial charge in [-0.2, -0.15) is 0 Å². The number of aromatic nitrogens is 1. The van der Waals surface area contributed by atoms with Gasteiger partial charge in [-0.15, -0.1) is 0 Å². The minimum atomic E-state index is -0.265. The molecule has 5 heteroatoms. The number of amides is 2. The van der Waals surface area contributed by atoms with Crippen molar-refractivity contribution >= 4 is 11.8 Å². The number of piperidine rings is 1. The van der Waals surface area contributed by atoms with Gasteiger partial charge in [0.15, 0.2) is 0 Å². The number of nitrogens with one attached hydrogen (secondary N) is 1. The smallest absolute Gasteiger partial charge is 0.243 e. The fourth-order valence-corrected chi connectivity index (χ4v) is 2.92. The normalized spacial score (nSPS) is 27.8. The van der Waals surface area contributed by atoms with Crippen LogP contribution in [0.1, 0.15) is 18.9 Å². The van der Waals surface area contributed by atoms with E-state index in [2.05, 4.69) is 10.3 Å². The molecule has 0 bridgehead atoms. The molecule has 1 aromatic heterocycles. The summed E-state index contributed by atoms with van der Waals surface area (Å²) in [5, 5.41) is 2.91. The highest BCUT2D eigenvalue weighted by molar-refractivity contribution is 5.88. The third kappa shape index (κ3) is 2.32. The molecular formula is C14H17N3O2. The molecule has 2 heterocycles. The molecule has 1 aromatic rings. The zero-order valence-corrected chi connectivity index (χ0v) is 10.9. The van der Waals surface area contributed by atoms with Crippen LogP contribution in [0.25, 0.3) is 0 Å². The summed E-state index contributed by atoms with van der Waals surface area (Å²) in [6, 6.07) is 3.50. The van der Waals surface area contributed by atoms with Gasteiger partial charge in [0.2, 0.25) is 11.8 Å². The Labute approximate surface area is 112 Å². The number of carbonyl (C=O) groups excluding carboxylic acids is 2. The summed E-state index contributed by atoms with van der Waals surface area (Å²) >= 11 is 0. The second-order valence-corrected chi connectivity index (χ2v) is 5.35. The summed E-state index contributed by atoms with van der Waals surface area (Å²) in [6.45, 7) is 2.74. The quantitative estimate of drug-likeness (QED) is 0.863. The van der Waals surface area contributed by atoms with Crippen molar-refractivity contribution in [3.05, 3.63) is 30.1 Å². The van der Waals surface area contributed by atoms with Crippen molar-refractivity contribution in [2.24, 2.45) is 11.8 Å². The molecule has 1 aliphatic carbocycles. The van der Waals surface area contributed by atoms with Gasteiger partial charge in [-0.3, -0.25) is 14.6 Å². The number of rotatable bonds is 3. The molecule has 1 aliphatic heterocycles. The Morgan fingerprint density at radius 2 is 2.37 bits per heavy atom. The lowest BCUT2D eigenvalue weighted by atomic mass is 10.1. The molecule has 2 aliphatic rings. The molecule has 0 radical (unpaired) electrons. The van der Waals surface area contributed by atoms with Gasteiger partial charge >= 0.3 is 0 Å². The Morgan fingerprint density at radius 1 is 1.53 bits per heavy atom. The van der Waals surface area contributed by atoms with Gasteiger partial charge in [0.25, 0.3) is 0 Å². The Balaban J connectivity index is 1.62. The van der Waals surface area contributed by atoms with Gasteiger partial charge in [0, 0.05) is 32.4 Å². The minimum absolute atomic E-state index is 0.00581. The highest BCUT2D eigenvalue weighted by atomic mass is 16.2. The van der Waals surface area contributed by atoms with Crippen molar-refractivity contribution < 1.29 is 9.59 Å². The van der Waals surface area contributed by atoms with Crippen molar-refractivity contribution in [1.29, 1.82) is 0 Å². The van der Waals surface area contributed by atoms with E-state index in [9.17, 15) is 9.59 Å². The molecule has 1 saturated heterocycles. The van der Waals surface area contributed by atoms with Crippen LogP contribution in [-0.4, -0.2) is 34.3 Å². The number of fused-ring (bicyclic) bond motifs is 1. The first kappa shape index (κ1) is 12.1. The highest BCUT2D eigenvalue weighted by Crippen LogP contribution is 2.49. The standard InChI is InChI=1S/C14H17N3O2/c1-9(18)17-8-11-5-12(11)13(17)14(19)16-7-10-3-2-4-15-6-10/h2-4,6,11-13H,5,7-8H2,1H3,(H,16,19). The second kappa shape index (κ2) is 4.64. The van der Waals surface area contributed by atoms with Gasteiger partial charge in [0.1, 0.15) is 6.04 Å². The summed E-state index contributed by atoms with van der Waals surface area (Å²) in [5.74, 6) is 0.869. The predicted molar refractivity (Wildman–Crippen MR) is 68.9 cm³/mol. The monoisotopic (exact) mass is 259 g/mol. The maximum atomic E-state index is 12.2. The molecule has 2 amide bonds. The number of carbonyl (C=O) groups is 2. The van der Waals surface area contributed by atoms with Crippen LogP contribution < -0.4 is 5.32 Å². The van der Waals surface area contributed by atoms with Crippen LogP contribution in [0.4, 0.5) is 0 Å². The Hall–Kier alpha value is -1.91. The van der Waals surface area contributed by atoms with Crippen molar-refractivity contribution in [3.8, 4) is 0 Å². The number of hydrogen-bond acceptors (Lipinski definition) is 3.